The fraction of sp³-hybridized carbons (Fsp3) is 0.324. The van der Waals surface area contributed by atoms with E-state index >= 15 is 0 Å². The van der Waals surface area contributed by atoms with Gasteiger partial charge in [-0.2, -0.15) is 5.10 Å². The van der Waals surface area contributed by atoms with Crippen molar-refractivity contribution < 1.29 is 14.3 Å². The first-order chi connectivity index (χ1) is 21.7. The minimum Gasteiger partial charge on any atom is -0.481 e. The molecule has 1 fully saturated rings. The van der Waals surface area contributed by atoms with Gasteiger partial charge in [-0.3, -0.25) is 14.4 Å². The summed E-state index contributed by atoms with van der Waals surface area (Å²) in [5, 5.41) is 14.0. The quantitative estimate of drug-likeness (QED) is 0.256. The molecule has 0 saturated carbocycles. The van der Waals surface area contributed by atoms with E-state index in [0.717, 1.165) is 50.9 Å². The van der Waals surface area contributed by atoms with Crippen molar-refractivity contribution in [3.63, 3.8) is 0 Å². The Morgan fingerprint density at radius 3 is 2.64 bits per heavy atom. The summed E-state index contributed by atoms with van der Waals surface area (Å²) >= 11 is 7.11. The smallest absolute Gasteiger partial charge is 0.279 e. The summed E-state index contributed by atoms with van der Waals surface area (Å²) in [5.41, 5.74) is 6.21. The first-order valence-electron chi connectivity index (χ1n) is 15.0. The van der Waals surface area contributed by atoms with Gasteiger partial charge in [0.15, 0.2) is 0 Å². The van der Waals surface area contributed by atoms with E-state index in [2.05, 4.69) is 34.0 Å². The van der Waals surface area contributed by atoms with Crippen LogP contribution in [0.1, 0.15) is 52.9 Å². The van der Waals surface area contributed by atoms with Crippen LogP contribution in [0.3, 0.4) is 0 Å². The Balaban J connectivity index is 1.30. The van der Waals surface area contributed by atoms with Gasteiger partial charge in [0.2, 0.25) is 11.8 Å². The summed E-state index contributed by atoms with van der Waals surface area (Å²) in [7, 11) is 3.13. The number of aromatic nitrogens is 3. The number of ether oxygens (including phenoxy) is 1. The summed E-state index contributed by atoms with van der Waals surface area (Å²) in [6.45, 7) is 4.80. The largest absolute Gasteiger partial charge is 0.481 e. The maximum absolute atomic E-state index is 13.0. The van der Waals surface area contributed by atoms with Crippen molar-refractivity contribution in [1.82, 2.24) is 25.4 Å². The molecule has 3 atom stereocenters. The number of aryl methyl sites for hydroxylation is 1. The number of rotatable bonds is 8. The lowest BCUT2D eigenvalue weighted by Crippen LogP contribution is -2.38. The number of carbonyl (C=O) groups excluding carboxylic acids is 2. The highest BCUT2D eigenvalue weighted by Gasteiger charge is 2.35. The molecule has 232 valence electrons. The molecule has 0 unspecified atom stereocenters. The SMILES string of the molecule is COc1nc(-c2cccc(-c3cccc(NC(=O)c4ccnn(C)c4=O)c3C)c2Cl)cc2c1[C@@H](NC[C@@H]1CCC(=O)N1)[C@H](C)C2. The highest BCUT2D eigenvalue weighted by molar-refractivity contribution is 6.36. The Hall–Kier alpha value is -4.54. The van der Waals surface area contributed by atoms with E-state index in [1.807, 2.05) is 37.3 Å². The second kappa shape index (κ2) is 12.5. The standard InChI is InChI=1S/C34H35ClN6O4/c1-18-15-20-16-27(40-33(45-4)29(20)31(18)36-17-21-11-12-28(42)38-21)24-9-5-8-23(30(24)35)22-7-6-10-26(19(22)2)39-32(43)25-13-14-37-41(3)34(25)44/h5-10,13-14,16,18,21,31,36H,11-12,15,17H2,1-4H3,(H,38,42)(H,39,43)/t18-,21+,31+/m1/s1. The fourth-order valence-electron chi connectivity index (χ4n) is 6.40. The van der Waals surface area contributed by atoms with Gasteiger partial charge in [-0.05, 0) is 60.6 Å². The number of halogens is 1. The molecule has 6 rings (SSSR count). The molecular weight excluding hydrogens is 592 g/mol. The summed E-state index contributed by atoms with van der Waals surface area (Å²) in [4.78, 5) is 42.0. The number of pyridine rings is 1. The van der Waals surface area contributed by atoms with Crippen molar-refractivity contribution in [2.45, 2.75) is 45.2 Å². The first-order valence-corrected chi connectivity index (χ1v) is 15.4. The number of fused-ring (bicyclic) bond motifs is 1. The summed E-state index contributed by atoms with van der Waals surface area (Å²) in [5.74, 6) is 0.471. The molecule has 0 radical (unpaired) electrons. The first kappa shape index (κ1) is 30.5. The number of nitrogens with one attached hydrogen (secondary N) is 3. The topological polar surface area (TPSA) is 127 Å². The molecule has 45 heavy (non-hydrogen) atoms. The second-order valence-electron chi connectivity index (χ2n) is 11.7. The van der Waals surface area contributed by atoms with Crippen LogP contribution in [0.4, 0.5) is 5.69 Å². The van der Waals surface area contributed by atoms with Crippen molar-refractivity contribution in [2.24, 2.45) is 13.0 Å². The molecule has 11 heteroatoms. The van der Waals surface area contributed by atoms with Gasteiger partial charge in [-0.25, -0.2) is 9.67 Å². The van der Waals surface area contributed by atoms with E-state index < -0.39 is 11.5 Å². The van der Waals surface area contributed by atoms with E-state index in [4.69, 9.17) is 21.3 Å². The van der Waals surface area contributed by atoms with Crippen LogP contribution in [0, 0.1) is 12.8 Å². The third-order valence-corrected chi connectivity index (χ3v) is 9.20. The lowest BCUT2D eigenvalue weighted by atomic mass is 9.96. The molecule has 1 saturated heterocycles. The van der Waals surface area contributed by atoms with E-state index in [1.54, 1.807) is 13.2 Å². The van der Waals surface area contributed by atoms with Gasteiger partial charge in [-0.15, -0.1) is 0 Å². The van der Waals surface area contributed by atoms with Gasteiger partial charge >= 0.3 is 0 Å². The highest BCUT2D eigenvalue weighted by Crippen LogP contribution is 2.44. The Morgan fingerprint density at radius 1 is 1.13 bits per heavy atom. The molecule has 2 aromatic heterocycles. The van der Waals surface area contributed by atoms with Gasteiger partial charge in [0.25, 0.3) is 11.5 Å². The summed E-state index contributed by atoms with van der Waals surface area (Å²) in [6, 6.07) is 15.1. The van der Waals surface area contributed by atoms with Gasteiger partial charge < -0.3 is 20.7 Å². The highest BCUT2D eigenvalue weighted by atomic mass is 35.5. The number of nitrogens with zero attached hydrogens (tertiary/aromatic N) is 3. The molecule has 10 nitrogen and oxygen atoms in total. The zero-order valence-corrected chi connectivity index (χ0v) is 26.4. The third-order valence-electron chi connectivity index (χ3n) is 8.79. The second-order valence-corrected chi connectivity index (χ2v) is 12.1. The van der Waals surface area contributed by atoms with Crippen LogP contribution in [0.2, 0.25) is 5.02 Å². The van der Waals surface area contributed by atoms with Crippen molar-refractivity contribution in [1.29, 1.82) is 0 Å². The fourth-order valence-corrected chi connectivity index (χ4v) is 6.72. The van der Waals surface area contributed by atoms with Gasteiger partial charge in [0.05, 0.1) is 17.8 Å². The van der Waals surface area contributed by atoms with Crippen molar-refractivity contribution >= 4 is 29.1 Å². The number of anilines is 1. The average molecular weight is 627 g/mol. The van der Waals surface area contributed by atoms with Crippen LogP contribution >= 0.6 is 11.6 Å². The van der Waals surface area contributed by atoms with E-state index in [9.17, 15) is 14.4 Å². The number of benzene rings is 2. The lowest BCUT2D eigenvalue weighted by molar-refractivity contribution is -0.119. The summed E-state index contributed by atoms with van der Waals surface area (Å²) in [6.07, 6.45) is 3.68. The predicted molar refractivity (Wildman–Crippen MR) is 174 cm³/mol. The molecule has 0 bridgehead atoms. The average Bonchev–Trinajstić information content (AvgIpc) is 3.59. The van der Waals surface area contributed by atoms with E-state index in [1.165, 1.54) is 19.3 Å². The van der Waals surface area contributed by atoms with Crippen LogP contribution < -0.4 is 26.2 Å². The molecule has 3 N–H and O–H groups in total. The number of amides is 2. The van der Waals surface area contributed by atoms with Gasteiger partial charge in [0, 0.05) is 60.7 Å². The Kier molecular flexibility index (Phi) is 8.44. The molecule has 3 heterocycles. The molecular formula is C34H35ClN6O4. The number of methoxy groups -OCH3 is 1. The lowest BCUT2D eigenvalue weighted by Gasteiger charge is -2.22. The molecule has 2 amide bonds. The van der Waals surface area contributed by atoms with Gasteiger partial charge in [-0.1, -0.05) is 48.9 Å². The van der Waals surface area contributed by atoms with Crippen molar-refractivity contribution in [3.05, 3.63) is 92.4 Å². The maximum atomic E-state index is 13.0. The van der Waals surface area contributed by atoms with Crippen LogP contribution in [-0.4, -0.2) is 46.3 Å². The predicted octanol–water partition coefficient (Wildman–Crippen LogP) is 4.83. The van der Waals surface area contributed by atoms with Crippen LogP contribution in [-0.2, 0) is 18.3 Å². The molecule has 2 aromatic carbocycles. The normalized spacial score (nSPS) is 18.9. The maximum Gasteiger partial charge on any atom is 0.279 e. The minimum absolute atomic E-state index is 0.00558. The Bertz CT molecular complexity index is 1870. The molecule has 2 aliphatic rings. The number of carbonyl (C=O) groups is 2. The molecule has 1 aliphatic carbocycles. The van der Waals surface area contributed by atoms with Crippen LogP contribution in [0.25, 0.3) is 22.4 Å². The van der Waals surface area contributed by atoms with Gasteiger partial charge in [0.1, 0.15) is 5.56 Å². The van der Waals surface area contributed by atoms with Crippen molar-refractivity contribution in [3.8, 4) is 28.3 Å². The zero-order chi connectivity index (χ0) is 31.8. The zero-order valence-electron chi connectivity index (χ0n) is 25.6. The van der Waals surface area contributed by atoms with Crippen molar-refractivity contribution in [2.75, 3.05) is 19.0 Å². The van der Waals surface area contributed by atoms with Crippen LogP contribution in [0.15, 0.2) is 59.5 Å². The minimum atomic E-state index is -0.512. The van der Waals surface area contributed by atoms with E-state index in [0.29, 0.717) is 41.2 Å². The summed E-state index contributed by atoms with van der Waals surface area (Å²) < 4.78 is 6.96. The van der Waals surface area contributed by atoms with Crippen LogP contribution in [0.5, 0.6) is 5.88 Å². The number of hydrogen-bond donors (Lipinski definition) is 3. The Labute approximate surface area is 266 Å². The number of hydrogen-bond acceptors (Lipinski definition) is 7. The third kappa shape index (κ3) is 5.83. The molecule has 0 spiro atoms. The Morgan fingerprint density at radius 2 is 1.89 bits per heavy atom. The molecule has 4 aromatic rings. The monoisotopic (exact) mass is 626 g/mol. The van der Waals surface area contributed by atoms with E-state index in [-0.39, 0.29) is 23.6 Å². The molecule has 1 aliphatic heterocycles.